The number of carbonyl (C=O) groups excluding carboxylic acids is 1. The molecule has 1 N–H and O–H groups in total. The summed E-state index contributed by atoms with van der Waals surface area (Å²) in [5.41, 5.74) is 9.61. The first-order valence-corrected chi connectivity index (χ1v) is 5.05. The summed E-state index contributed by atoms with van der Waals surface area (Å²) in [5, 5.41) is 6.87. The maximum Gasteiger partial charge on any atom is 0.428 e. The van der Waals surface area contributed by atoms with Crippen LogP contribution < -0.4 is 5.43 Å². The van der Waals surface area contributed by atoms with Crippen molar-refractivity contribution in [3.05, 3.63) is 10.4 Å². The van der Waals surface area contributed by atoms with E-state index in [2.05, 4.69) is 20.6 Å². The SMILES string of the molecule is CC(C)(C)OC(=O)NN=CCOCCN=[N+]=[N-]. The quantitative estimate of drug-likeness (QED) is 0.192. The van der Waals surface area contributed by atoms with E-state index in [0.717, 1.165) is 0 Å². The lowest BCUT2D eigenvalue weighted by atomic mass is 10.2. The van der Waals surface area contributed by atoms with Gasteiger partial charge in [0.1, 0.15) is 5.60 Å². The van der Waals surface area contributed by atoms with Crippen LogP contribution in [0.3, 0.4) is 0 Å². The number of nitrogens with one attached hydrogen (secondary N) is 1. The van der Waals surface area contributed by atoms with Crippen LogP contribution in [0, 0.1) is 0 Å². The van der Waals surface area contributed by atoms with Crippen LogP contribution in [0.2, 0.25) is 0 Å². The summed E-state index contributed by atoms with van der Waals surface area (Å²) < 4.78 is 9.95. The molecule has 0 rings (SSSR count). The van der Waals surface area contributed by atoms with E-state index in [-0.39, 0.29) is 13.2 Å². The molecule has 8 heteroatoms. The second-order valence-corrected chi connectivity index (χ2v) is 3.95. The molecule has 0 fully saturated rings. The summed E-state index contributed by atoms with van der Waals surface area (Å²) in [4.78, 5) is 13.7. The Balaban J connectivity index is 3.54. The van der Waals surface area contributed by atoms with E-state index >= 15 is 0 Å². The molecule has 0 unspecified atom stereocenters. The largest absolute Gasteiger partial charge is 0.443 e. The Morgan fingerprint density at radius 1 is 1.53 bits per heavy atom. The molecular formula is C9H17N5O3. The zero-order valence-electron chi connectivity index (χ0n) is 10.2. The fourth-order valence-corrected chi connectivity index (χ4v) is 0.723. The summed E-state index contributed by atoms with van der Waals surface area (Å²) in [6, 6.07) is 0. The van der Waals surface area contributed by atoms with E-state index in [1.54, 1.807) is 20.8 Å². The smallest absolute Gasteiger partial charge is 0.428 e. The molecule has 17 heavy (non-hydrogen) atoms. The van der Waals surface area contributed by atoms with Gasteiger partial charge in [-0.15, -0.1) is 0 Å². The standard InChI is InChI=1S/C9H17N5O3/c1-9(2,3)17-8(15)13-11-4-6-16-7-5-12-14-10/h4H,5-7H2,1-3H3,(H,13,15). The molecule has 0 saturated carbocycles. The van der Waals surface area contributed by atoms with Gasteiger partial charge in [-0.3, -0.25) is 0 Å². The van der Waals surface area contributed by atoms with Gasteiger partial charge < -0.3 is 9.47 Å². The number of azide groups is 1. The number of rotatable bonds is 6. The molecule has 0 bridgehead atoms. The van der Waals surface area contributed by atoms with Crippen molar-refractivity contribution in [2.75, 3.05) is 19.8 Å². The van der Waals surface area contributed by atoms with Crippen LogP contribution in [0.4, 0.5) is 4.79 Å². The third-order valence-corrected chi connectivity index (χ3v) is 1.24. The molecule has 0 aliphatic heterocycles. The second kappa shape index (κ2) is 8.37. The first-order chi connectivity index (χ1) is 7.95. The third-order valence-electron chi connectivity index (χ3n) is 1.24. The molecule has 0 saturated heterocycles. The number of hydrogen-bond donors (Lipinski definition) is 1. The minimum atomic E-state index is -0.622. The lowest BCUT2D eigenvalue weighted by Crippen LogP contribution is -2.29. The molecule has 0 heterocycles. The van der Waals surface area contributed by atoms with Gasteiger partial charge in [0, 0.05) is 11.5 Å². The predicted octanol–water partition coefficient (Wildman–Crippen LogP) is 1.82. The van der Waals surface area contributed by atoms with Gasteiger partial charge in [0.2, 0.25) is 0 Å². The monoisotopic (exact) mass is 243 g/mol. The summed E-state index contributed by atoms with van der Waals surface area (Å²) in [5.74, 6) is 0. The number of carbonyl (C=O) groups is 1. The van der Waals surface area contributed by atoms with Crippen LogP contribution in [-0.4, -0.2) is 37.7 Å². The van der Waals surface area contributed by atoms with Crippen molar-refractivity contribution >= 4 is 12.3 Å². The number of hydrazone groups is 1. The maximum atomic E-state index is 11.1. The molecule has 0 radical (unpaired) electrons. The molecule has 0 atom stereocenters. The van der Waals surface area contributed by atoms with Gasteiger partial charge in [-0.05, 0) is 26.3 Å². The number of hydrogen-bond acceptors (Lipinski definition) is 5. The van der Waals surface area contributed by atoms with Crippen molar-refractivity contribution < 1.29 is 14.3 Å². The van der Waals surface area contributed by atoms with E-state index in [1.807, 2.05) is 0 Å². The van der Waals surface area contributed by atoms with Crippen molar-refractivity contribution in [2.24, 2.45) is 10.2 Å². The highest BCUT2D eigenvalue weighted by molar-refractivity contribution is 5.69. The molecule has 0 aromatic carbocycles. The topological polar surface area (TPSA) is 109 Å². The van der Waals surface area contributed by atoms with Gasteiger partial charge in [-0.25, -0.2) is 10.2 Å². The maximum absolute atomic E-state index is 11.1. The predicted molar refractivity (Wildman–Crippen MR) is 62.7 cm³/mol. The zero-order valence-corrected chi connectivity index (χ0v) is 10.2. The molecule has 0 aromatic rings. The average molecular weight is 243 g/mol. The molecule has 1 amide bonds. The Morgan fingerprint density at radius 3 is 2.82 bits per heavy atom. The Bertz CT molecular complexity index is 304. The van der Waals surface area contributed by atoms with E-state index in [0.29, 0.717) is 6.61 Å². The molecular weight excluding hydrogens is 226 g/mol. The molecule has 8 nitrogen and oxygen atoms in total. The van der Waals surface area contributed by atoms with E-state index in [1.165, 1.54) is 6.21 Å². The number of nitrogens with zero attached hydrogens (tertiary/aromatic N) is 4. The van der Waals surface area contributed by atoms with Gasteiger partial charge in [0.15, 0.2) is 0 Å². The fraction of sp³-hybridized carbons (Fsp3) is 0.778. The van der Waals surface area contributed by atoms with E-state index < -0.39 is 11.7 Å². The molecule has 0 aliphatic rings. The molecule has 0 aliphatic carbocycles. The first kappa shape index (κ1) is 15.2. The minimum Gasteiger partial charge on any atom is -0.443 e. The van der Waals surface area contributed by atoms with E-state index in [4.69, 9.17) is 15.0 Å². The molecule has 96 valence electrons. The van der Waals surface area contributed by atoms with Crippen LogP contribution in [-0.2, 0) is 9.47 Å². The first-order valence-electron chi connectivity index (χ1n) is 5.05. The van der Waals surface area contributed by atoms with Crippen molar-refractivity contribution in [3.8, 4) is 0 Å². The minimum absolute atomic E-state index is 0.219. The van der Waals surface area contributed by atoms with Crippen LogP contribution in [0.5, 0.6) is 0 Å². The number of ether oxygens (including phenoxy) is 2. The Kier molecular flexibility index (Phi) is 7.49. The molecule has 0 aromatic heterocycles. The van der Waals surface area contributed by atoms with Crippen LogP contribution in [0.25, 0.3) is 10.4 Å². The van der Waals surface area contributed by atoms with Crippen molar-refractivity contribution in [1.82, 2.24) is 5.43 Å². The second-order valence-electron chi connectivity index (χ2n) is 3.95. The van der Waals surface area contributed by atoms with Gasteiger partial charge >= 0.3 is 6.09 Å². The summed E-state index contributed by atoms with van der Waals surface area (Å²) in [6.07, 6.45) is 0.753. The Hall–Kier alpha value is -1.79. The highest BCUT2D eigenvalue weighted by atomic mass is 16.6. The average Bonchev–Trinajstić information content (AvgIpc) is 2.19. The highest BCUT2D eigenvalue weighted by Crippen LogP contribution is 2.05. The lowest BCUT2D eigenvalue weighted by Gasteiger charge is -2.18. The third kappa shape index (κ3) is 12.1. The summed E-state index contributed by atoms with van der Waals surface area (Å²) in [7, 11) is 0. The molecule has 0 spiro atoms. The summed E-state index contributed by atoms with van der Waals surface area (Å²) >= 11 is 0. The van der Waals surface area contributed by atoms with Crippen molar-refractivity contribution in [1.29, 1.82) is 0 Å². The van der Waals surface area contributed by atoms with Gasteiger partial charge in [0.05, 0.1) is 19.4 Å². The van der Waals surface area contributed by atoms with Crippen molar-refractivity contribution in [2.45, 2.75) is 26.4 Å². The van der Waals surface area contributed by atoms with Crippen LogP contribution in [0.15, 0.2) is 10.2 Å². The highest BCUT2D eigenvalue weighted by Gasteiger charge is 2.15. The summed E-state index contributed by atoms with van der Waals surface area (Å²) in [6.45, 7) is 6.07. The van der Waals surface area contributed by atoms with Gasteiger partial charge in [0.25, 0.3) is 0 Å². The Labute approximate surface area is 99.6 Å². The fourth-order valence-electron chi connectivity index (χ4n) is 0.723. The van der Waals surface area contributed by atoms with Gasteiger partial charge in [-0.2, -0.15) is 5.10 Å². The van der Waals surface area contributed by atoms with Crippen LogP contribution in [0.1, 0.15) is 20.8 Å². The zero-order chi connectivity index (χ0) is 13.1. The van der Waals surface area contributed by atoms with E-state index in [9.17, 15) is 4.79 Å². The normalized spacial score (nSPS) is 11.0. The lowest BCUT2D eigenvalue weighted by molar-refractivity contribution is 0.0529. The number of amides is 1. The van der Waals surface area contributed by atoms with Crippen molar-refractivity contribution in [3.63, 3.8) is 0 Å². The van der Waals surface area contributed by atoms with Gasteiger partial charge in [-0.1, -0.05) is 5.11 Å². The van der Waals surface area contributed by atoms with Crippen LogP contribution >= 0.6 is 0 Å². The Morgan fingerprint density at radius 2 is 2.24 bits per heavy atom.